The van der Waals surface area contributed by atoms with Crippen LogP contribution in [-0.4, -0.2) is 4.98 Å². The summed E-state index contributed by atoms with van der Waals surface area (Å²) in [4.78, 5) is 4.11. The molecule has 2 heterocycles. The Bertz CT molecular complexity index is 760. The summed E-state index contributed by atoms with van der Waals surface area (Å²) in [6.45, 7) is 1.95. The zero-order valence-corrected chi connectivity index (χ0v) is 12.5. The fourth-order valence-corrected chi connectivity index (χ4v) is 2.49. The zero-order chi connectivity index (χ0) is 16.2. The van der Waals surface area contributed by atoms with Crippen molar-refractivity contribution < 1.29 is 13.2 Å². The molecule has 1 aromatic carbocycles. The monoisotopic (exact) mass is 314 g/mol. The van der Waals surface area contributed by atoms with Crippen LogP contribution in [0.5, 0.6) is 0 Å². The highest BCUT2D eigenvalue weighted by atomic mass is 19.2. The molecule has 5 heteroatoms. The maximum absolute atomic E-state index is 13.6. The summed E-state index contributed by atoms with van der Waals surface area (Å²) in [5.74, 6) is -0.969. The summed E-state index contributed by atoms with van der Waals surface area (Å²) in [6, 6.07) is 10.8. The van der Waals surface area contributed by atoms with E-state index in [-0.39, 0.29) is 12.1 Å². The standard InChI is InChI=1S/C18H16F2N2O/c1-12(17-5-3-9-23-17)22-18(14-4-2-8-21-11-14)13-6-7-15(19)16(20)10-13/h2-12,18,22H,1H3/t12-,18-/m0/s1. The van der Waals surface area contributed by atoms with Crippen LogP contribution in [0.15, 0.2) is 65.5 Å². The van der Waals surface area contributed by atoms with Gasteiger partial charge in [-0.05, 0) is 48.4 Å². The molecule has 0 amide bonds. The van der Waals surface area contributed by atoms with E-state index in [1.165, 1.54) is 6.07 Å². The van der Waals surface area contributed by atoms with Crippen molar-refractivity contribution in [3.05, 3.63) is 89.6 Å². The molecule has 3 nitrogen and oxygen atoms in total. The third-order valence-corrected chi connectivity index (χ3v) is 3.68. The fraction of sp³-hybridized carbons (Fsp3) is 0.167. The average molecular weight is 314 g/mol. The van der Waals surface area contributed by atoms with Gasteiger partial charge in [0, 0.05) is 12.4 Å². The van der Waals surface area contributed by atoms with Crippen LogP contribution < -0.4 is 5.32 Å². The first-order valence-electron chi connectivity index (χ1n) is 7.29. The quantitative estimate of drug-likeness (QED) is 0.759. The van der Waals surface area contributed by atoms with Gasteiger partial charge < -0.3 is 4.42 Å². The van der Waals surface area contributed by atoms with Gasteiger partial charge in [-0.25, -0.2) is 8.78 Å². The molecule has 0 aliphatic heterocycles. The zero-order valence-electron chi connectivity index (χ0n) is 12.5. The van der Waals surface area contributed by atoms with E-state index >= 15 is 0 Å². The molecule has 2 aromatic heterocycles. The number of aromatic nitrogens is 1. The van der Waals surface area contributed by atoms with Gasteiger partial charge in [0.2, 0.25) is 0 Å². The van der Waals surface area contributed by atoms with Gasteiger partial charge in [-0.2, -0.15) is 0 Å². The molecule has 0 saturated carbocycles. The SMILES string of the molecule is C[C@H](N[C@H](c1cccnc1)c1ccc(F)c(F)c1)c1ccco1. The maximum atomic E-state index is 13.6. The molecule has 2 atom stereocenters. The maximum Gasteiger partial charge on any atom is 0.159 e. The largest absolute Gasteiger partial charge is 0.468 e. The summed E-state index contributed by atoms with van der Waals surface area (Å²) in [7, 11) is 0. The first-order valence-corrected chi connectivity index (χ1v) is 7.29. The van der Waals surface area contributed by atoms with Crippen molar-refractivity contribution >= 4 is 0 Å². The van der Waals surface area contributed by atoms with E-state index in [0.717, 1.165) is 17.4 Å². The van der Waals surface area contributed by atoms with Gasteiger partial charge in [-0.3, -0.25) is 10.3 Å². The molecule has 0 unspecified atom stereocenters. The number of hydrogen-bond donors (Lipinski definition) is 1. The highest BCUT2D eigenvalue weighted by Gasteiger charge is 2.20. The highest BCUT2D eigenvalue weighted by Crippen LogP contribution is 2.26. The Morgan fingerprint density at radius 3 is 2.57 bits per heavy atom. The normalized spacial score (nSPS) is 13.7. The third-order valence-electron chi connectivity index (χ3n) is 3.68. The van der Waals surface area contributed by atoms with E-state index in [4.69, 9.17) is 4.42 Å². The van der Waals surface area contributed by atoms with Crippen LogP contribution in [0, 0.1) is 11.6 Å². The molecule has 23 heavy (non-hydrogen) atoms. The number of nitrogens with zero attached hydrogens (tertiary/aromatic N) is 1. The van der Waals surface area contributed by atoms with E-state index in [2.05, 4.69) is 10.3 Å². The number of halogens is 2. The molecule has 3 aromatic rings. The van der Waals surface area contributed by atoms with E-state index < -0.39 is 11.6 Å². The second-order valence-electron chi connectivity index (χ2n) is 5.30. The van der Waals surface area contributed by atoms with E-state index in [1.807, 2.05) is 25.1 Å². The van der Waals surface area contributed by atoms with Crippen LogP contribution in [-0.2, 0) is 0 Å². The van der Waals surface area contributed by atoms with Crippen molar-refractivity contribution in [1.29, 1.82) is 0 Å². The third kappa shape index (κ3) is 3.46. The topological polar surface area (TPSA) is 38.1 Å². The predicted molar refractivity (Wildman–Crippen MR) is 82.7 cm³/mol. The minimum atomic E-state index is -0.871. The minimum absolute atomic E-state index is 0.108. The molecule has 0 saturated heterocycles. The summed E-state index contributed by atoms with van der Waals surface area (Å²) >= 11 is 0. The molecule has 0 radical (unpaired) electrons. The van der Waals surface area contributed by atoms with Crippen molar-refractivity contribution in [2.24, 2.45) is 0 Å². The molecule has 1 N–H and O–H groups in total. The Labute approximate surface area is 133 Å². The van der Waals surface area contributed by atoms with Crippen molar-refractivity contribution in [2.75, 3.05) is 0 Å². The lowest BCUT2D eigenvalue weighted by atomic mass is 9.98. The van der Waals surface area contributed by atoms with Gasteiger partial charge in [0.15, 0.2) is 11.6 Å². The second kappa shape index (κ2) is 6.71. The van der Waals surface area contributed by atoms with Crippen LogP contribution in [0.2, 0.25) is 0 Å². The average Bonchev–Trinajstić information content (AvgIpc) is 3.10. The molecule has 0 aliphatic carbocycles. The van der Waals surface area contributed by atoms with Crippen molar-refractivity contribution in [2.45, 2.75) is 19.0 Å². The Hall–Kier alpha value is -2.53. The van der Waals surface area contributed by atoms with E-state index in [0.29, 0.717) is 5.56 Å². The Morgan fingerprint density at radius 2 is 1.91 bits per heavy atom. The van der Waals surface area contributed by atoms with Gasteiger partial charge in [-0.1, -0.05) is 12.1 Å². The number of nitrogens with one attached hydrogen (secondary N) is 1. The molecule has 3 rings (SSSR count). The van der Waals surface area contributed by atoms with Gasteiger partial charge in [0.25, 0.3) is 0 Å². The van der Waals surface area contributed by atoms with Crippen molar-refractivity contribution in [3.63, 3.8) is 0 Å². The van der Waals surface area contributed by atoms with E-state index in [1.54, 1.807) is 30.8 Å². The Morgan fingerprint density at radius 1 is 1.04 bits per heavy atom. The van der Waals surface area contributed by atoms with Gasteiger partial charge in [-0.15, -0.1) is 0 Å². The summed E-state index contributed by atoms with van der Waals surface area (Å²) in [5.41, 5.74) is 1.48. The smallest absolute Gasteiger partial charge is 0.159 e. The summed E-state index contributed by atoms with van der Waals surface area (Å²) < 4.78 is 32.3. The molecule has 0 bridgehead atoms. The minimum Gasteiger partial charge on any atom is -0.468 e. The predicted octanol–water partition coefficient (Wildman–Crippen LogP) is 4.39. The first-order chi connectivity index (χ1) is 11.1. The van der Waals surface area contributed by atoms with Crippen molar-refractivity contribution in [1.82, 2.24) is 10.3 Å². The summed E-state index contributed by atoms with van der Waals surface area (Å²) in [6.07, 6.45) is 4.97. The number of pyridine rings is 1. The number of rotatable bonds is 5. The molecular weight excluding hydrogens is 298 g/mol. The highest BCUT2D eigenvalue weighted by molar-refractivity contribution is 5.31. The Balaban J connectivity index is 1.95. The van der Waals surface area contributed by atoms with Crippen LogP contribution in [0.4, 0.5) is 8.78 Å². The van der Waals surface area contributed by atoms with E-state index in [9.17, 15) is 8.78 Å². The second-order valence-corrected chi connectivity index (χ2v) is 5.30. The van der Waals surface area contributed by atoms with Gasteiger partial charge in [0.1, 0.15) is 5.76 Å². The lowest BCUT2D eigenvalue weighted by Gasteiger charge is -2.23. The Kier molecular flexibility index (Phi) is 4.48. The molecule has 0 spiro atoms. The van der Waals surface area contributed by atoms with Crippen LogP contribution in [0.25, 0.3) is 0 Å². The fourth-order valence-electron chi connectivity index (χ4n) is 2.49. The molecule has 0 fully saturated rings. The lowest BCUT2D eigenvalue weighted by molar-refractivity contribution is 0.410. The summed E-state index contributed by atoms with van der Waals surface area (Å²) in [5, 5.41) is 3.38. The lowest BCUT2D eigenvalue weighted by Crippen LogP contribution is -2.25. The molecule has 0 aliphatic rings. The molecule has 118 valence electrons. The molecular formula is C18H16F2N2O. The number of benzene rings is 1. The number of furan rings is 1. The van der Waals surface area contributed by atoms with Gasteiger partial charge >= 0.3 is 0 Å². The van der Waals surface area contributed by atoms with Gasteiger partial charge in [0.05, 0.1) is 18.3 Å². The van der Waals surface area contributed by atoms with Crippen LogP contribution in [0.1, 0.15) is 35.9 Å². The van der Waals surface area contributed by atoms with Crippen molar-refractivity contribution in [3.8, 4) is 0 Å². The van der Waals surface area contributed by atoms with Crippen LogP contribution >= 0.6 is 0 Å². The van der Waals surface area contributed by atoms with Crippen LogP contribution in [0.3, 0.4) is 0 Å². The first kappa shape index (κ1) is 15.4. The number of hydrogen-bond acceptors (Lipinski definition) is 3.